The highest BCUT2D eigenvalue weighted by Crippen LogP contribution is 2.15. The molecule has 0 bridgehead atoms. The quantitative estimate of drug-likeness (QED) is 0.811. The molecule has 1 N–H and O–H groups in total. The third kappa shape index (κ3) is 4.62. The van der Waals surface area contributed by atoms with Crippen molar-refractivity contribution in [2.24, 2.45) is 18.9 Å². The summed E-state index contributed by atoms with van der Waals surface area (Å²) >= 11 is 0. The van der Waals surface area contributed by atoms with E-state index in [9.17, 15) is 0 Å². The van der Waals surface area contributed by atoms with Crippen LogP contribution in [0.1, 0.15) is 26.0 Å². The standard InChI is InChI=1S/C15H28N4/c1-13(2)10-16-11-14-5-8-19(12-14)9-6-15-4-7-17-18(15)3/h4,7,13-14,16H,5-6,8-12H2,1-3H3. The van der Waals surface area contributed by atoms with Gasteiger partial charge in [0, 0.05) is 38.4 Å². The van der Waals surface area contributed by atoms with Gasteiger partial charge in [0.15, 0.2) is 0 Å². The number of aromatic nitrogens is 2. The van der Waals surface area contributed by atoms with Gasteiger partial charge in [-0.15, -0.1) is 0 Å². The van der Waals surface area contributed by atoms with Gasteiger partial charge < -0.3 is 10.2 Å². The highest BCUT2D eigenvalue weighted by Gasteiger charge is 2.21. The molecule has 4 heteroatoms. The van der Waals surface area contributed by atoms with Gasteiger partial charge >= 0.3 is 0 Å². The van der Waals surface area contributed by atoms with E-state index in [0.29, 0.717) is 0 Å². The Kier molecular flexibility index (Phi) is 5.40. The number of nitrogens with one attached hydrogen (secondary N) is 1. The van der Waals surface area contributed by atoms with Gasteiger partial charge in [-0.1, -0.05) is 13.8 Å². The van der Waals surface area contributed by atoms with Gasteiger partial charge in [-0.05, 0) is 44.0 Å². The summed E-state index contributed by atoms with van der Waals surface area (Å²) in [5, 5.41) is 7.81. The van der Waals surface area contributed by atoms with Crippen LogP contribution in [0.4, 0.5) is 0 Å². The zero-order valence-electron chi connectivity index (χ0n) is 12.6. The molecule has 0 spiro atoms. The summed E-state index contributed by atoms with van der Waals surface area (Å²) < 4.78 is 1.98. The Balaban J connectivity index is 1.63. The lowest BCUT2D eigenvalue weighted by Gasteiger charge is -2.16. The van der Waals surface area contributed by atoms with Crippen molar-refractivity contribution in [2.45, 2.75) is 26.7 Å². The lowest BCUT2D eigenvalue weighted by molar-refractivity contribution is 0.322. The molecule has 0 saturated carbocycles. The zero-order chi connectivity index (χ0) is 13.7. The van der Waals surface area contributed by atoms with Crippen molar-refractivity contribution in [3.63, 3.8) is 0 Å². The molecule has 1 aliphatic rings. The second kappa shape index (κ2) is 7.06. The van der Waals surface area contributed by atoms with E-state index in [1.165, 1.54) is 38.3 Å². The molecule has 4 nitrogen and oxygen atoms in total. The van der Waals surface area contributed by atoms with Gasteiger partial charge in [-0.3, -0.25) is 4.68 Å². The molecule has 2 rings (SSSR count). The van der Waals surface area contributed by atoms with Crippen LogP contribution >= 0.6 is 0 Å². The number of hydrogen-bond acceptors (Lipinski definition) is 3. The molecule has 1 fully saturated rings. The van der Waals surface area contributed by atoms with Gasteiger partial charge in [-0.25, -0.2) is 0 Å². The third-order valence-corrected chi connectivity index (χ3v) is 3.96. The van der Waals surface area contributed by atoms with Crippen LogP contribution < -0.4 is 5.32 Å². The smallest absolute Gasteiger partial charge is 0.0492 e. The van der Waals surface area contributed by atoms with Crippen molar-refractivity contribution >= 4 is 0 Å². The molecule has 1 saturated heterocycles. The number of nitrogens with zero attached hydrogens (tertiary/aromatic N) is 3. The van der Waals surface area contributed by atoms with Crippen LogP contribution in [-0.4, -0.2) is 47.4 Å². The van der Waals surface area contributed by atoms with Crippen LogP contribution in [0.2, 0.25) is 0 Å². The van der Waals surface area contributed by atoms with E-state index in [4.69, 9.17) is 0 Å². The Morgan fingerprint density at radius 3 is 3.00 bits per heavy atom. The Morgan fingerprint density at radius 1 is 1.47 bits per heavy atom. The highest BCUT2D eigenvalue weighted by molar-refractivity contribution is 5.00. The third-order valence-electron chi connectivity index (χ3n) is 3.96. The number of rotatable bonds is 7. The maximum Gasteiger partial charge on any atom is 0.0492 e. The molecular weight excluding hydrogens is 236 g/mol. The van der Waals surface area contributed by atoms with Crippen LogP contribution in [0.25, 0.3) is 0 Å². The molecule has 0 amide bonds. The Labute approximate surface area is 117 Å². The predicted octanol–water partition coefficient (Wildman–Crippen LogP) is 1.53. The minimum absolute atomic E-state index is 0.752. The van der Waals surface area contributed by atoms with Crippen molar-refractivity contribution in [2.75, 3.05) is 32.7 Å². The Hall–Kier alpha value is -0.870. The van der Waals surface area contributed by atoms with Gasteiger partial charge in [0.1, 0.15) is 0 Å². The average Bonchev–Trinajstić information content (AvgIpc) is 2.95. The van der Waals surface area contributed by atoms with Crippen LogP contribution in [-0.2, 0) is 13.5 Å². The topological polar surface area (TPSA) is 33.1 Å². The molecule has 108 valence electrons. The fraction of sp³-hybridized carbons (Fsp3) is 0.800. The summed E-state index contributed by atoms with van der Waals surface area (Å²) in [4.78, 5) is 2.59. The largest absolute Gasteiger partial charge is 0.316 e. The van der Waals surface area contributed by atoms with Crippen molar-refractivity contribution in [1.82, 2.24) is 20.0 Å². The first kappa shape index (κ1) is 14.5. The van der Waals surface area contributed by atoms with E-state index in [-0.39, 0.29) is 0 Å². The average molecular weight is 264 g/mol. The molecule has 1 aliphatic heterocycles. The maximum absolute atomic E-state index is 4.22. The molecule has 0 radical (unpaired) electrons. The van der Waals surface area contributed by atoms with Gasteiger partial charge in [0.2, 0.25) is 0 Å². The lowest BCUT2D eigenvalue weighted by Crippen LogP contribution is -2.29. The van der Waals surface area contributed by atoms with Crippen LogP contribution in [0.3, 0.4) is 0 Å². The first-order valence-electron chi connectivity index (χ1n) is 7.55. The van der Waals surface area contributed by atoms with Crippen molar-refractivity contribution in [3.05, 3.63) is 18.0 Å². The fourth-order valence-corrected chi connectivity index (χ4v) is 2.78. The first-order valence-corrected chi connectivity index (χ1v) is 7.55. The molecule has 1 aromatic heterocycles. The number of likely N-dealkylation sites (tertiary alicyclic amines) is 1. The predicted molar refractivity (Wildman–Crippen MR) is 79.2 cm³/mol. The number of hydrogen-bond donors (Lipinski definition) is 1. The van der Waals surface area contributed by atoms with Gasteiger partial charge in [-0.2, -0.15) is 5.10 Å². The Bertz CT molecular complexity index is 372. The monoisotopic (exact) mass is 264 g/mol. The molecule has 0 aromatic carbocycles. The minimum atomic E-state index is 0.752. The fourth-order valence-electron chi connectivity index (χ4n) is 2.78. The summed E-state index contributed by atoms with van der Waals surface area (Å²) in [6, 6.07) is 2.12. The van der Waals surface area contributed by atoms with E-state index in [2.05, 4.69) is 35.2 Å². The van der Waals surface area contributed by atoms with Crippen LogP contribution in [0.5, 0.6) is 0 Å². The van der Waals surface area contributed by atoms with Crippen molar-refractivity contribution in [3.8, 4) is 0 Å². The SMILES string of the molecule is CC(C)CNCC1CCN(CCc2ccnn2C)C1. The molecule has 19 heavy (non-hydrogen) atoms. The summed E-state index contributed by atoms with van der Waals surface area (Å²) in [6.07, 6.45) is 4.34. The molecule has 1 unspecified atom stereocenters. The molecule has 1 atom stereocenters. The summed E-state index contributed by atoms with van der Waals surface area (Å²) in [7, 11) is 2.03. The normalized spacial score (nSPS) is 20.5. The van der Waals surface area contributed by atoms with E-state index >= 15 is 0 Å². The molecule has 0 aliphatic carbocycles. The van der Waals surface area contributed by atoms with Gasteiger partial charge in [0.05, 0.1) is 0 Å². The number of aryl methyl sites for hydroxylation is 1. The van der Waals surface area contributed by atoms with Crippen molar-refractivity contribution < 1.29 is 0 Å². The zero-order valence-corrected chi connectivity index (χ0v) is 12.6. The Morgan fingerprint density at radius 2 is 2.32 bits per heavy atom. The van der Waals surface area contributed by atoms with Crippen LogP contribution in [0.15, 0.2) is 12.3 Å². The summed E-state index contributed by atoms with van der Waals surface area (Å²) in [6.45, 7) is 10.5. The van der Waals surface area contributed by atoms with Crippen LogP contribution in [0, 0.1) is 11.8 Å². The van der Waals surface area contributed by atoms with E-state index < -0.39 is 0 Å². The maximum atomic E-state index is 4.22. The van der Waals surface area contributed by atoms with E-state index in [1.54, 1.807) is 0 Å². The van der Waals surface area contributed by atoms with E-state index in [1.807, 2.05) is 17.9 Å². The molecule has 1 aromatic rings. The molecule has 2 heterocycles. The van der Waals surface area contributed by atoms with Gasteiger partial charge in [0.25, 0.3) is 0 Å². The first-order chi connectivity index (χ1) is 9.15. The summed E-state index contributed by atoms with van der Waals surface area (Å²) in [5.41, 5.74) is 1.33. The van der Waals surface area contributed by atoms with E-state index in [0.717, 1.165) is 24.8 Å². The lowest BCUT2D eigenvalue weighted by atomic mass is 10.1. The molecular formula is C15H28N4. The minimum Gasteiger partial charge on any atom is -0.316 e. The highest BCUT2D eigenvalue weighted by atomic mass is 15.3. The summed E-state index contributed by atoms with van der Waals surface area (Å²) in [5.74, 6) is 1.59. The van der Waals surface area contributed by atoms with Crippen molar-refractivity contribution in [1.29, 1.82) is 0 Å². The second-order valence-electron chi connectivity index (χ2n) is 6.20. The second-order valence-corrected chi connectivity index (χ2v) is 6.20.